The molecular weight excluding hydrogens is 234 g/mol. The number of aromatic amines is 1. The van der Waals surface area contributed by atoms with Crippen molar-refractivity contribution in [1.29, 1.82) is 0 Å². The summed E-state index contributed by atoms with van der Waals surface area (Å²) in [5, 5.41) is 1.90. The number of hydrogen-bond acceptors (Lipinski definition) is 4. The Labute approximate surface area is 103 Å². The molecule has 1 fully saturated rings. The minimum atomic E-state index is -0.0788. The number of aromatic nitrogens is 3. The molecule has 88 valence electrons. The molecule has 1 N–H and O–H groups in total. The maximum Gasteiger partial charge on any atom is 0.251 e. The highest BCUT2D eigenvalue weighted by atomic mass is 32.1. The Balaban J connectivity index is 2.03. The SMILES string of the molecule is O=c1cc(C2CCCC2)nc(-c2cscn2)[nH]1. The molecule has 0 aromatic carbocycles. The fraction of sp³-hybridized carbons (Fsp3) is 0.417. The third kappa shape index (κ3) is 2.15. The second-order valence-corrected chi connectivity index (χ2v) is 5.09. The Hall–Kier alpha value is -1.49. The van der Waals surface area contributed by atoms with Crippen molar-refractivity contribution in [2.45, 2.75) is 31.6 Å². The zero-order chi connectivity index (χ0) is 11.7. The standard InChI is InChI=1S/C12H13N3OS/c16-11-5-9(8-3-1-2-4-8)14-12(15-11)10-6-17-7-13-10/h5-8H,1-4H2,(H,14,15,16). The van der Waals surface area contributed by atoms with Gasteiger partial charge in [-0.2, -0.15) is 0 Å². The van der Waals surface area contributed by atoms with Gasteiger partial charge in [-0.25, -0.2) is 9.97 Å². The Morgan fingerprint density at radius 3 is 2.88 bits per heavy atom. The summed E-state index contributed by atoms with van der Waals surface area (Å²) < 4.78 is 0. The summed E-state index contributed by atoms with van der Waals surface area (Å²) in [5.41, 5.74) is 3.35. The van der Waals surface area contributed by atoms with Crippen molar-refractivity contribution in [2.75, 3.05) is 0 Å². The Kier molecular flexibility index (Phi) is 2.76. The first-order valence-electron chi connectivity index (χ1n) is 5.83. The summed E-state index contributed by atoms with van der Waals surface area (Å²) in [7, 11) is 0. The molecule has 0 aliphatic heterocycles. The first-order chi connectivity index (χ1) is 8.33. The second-order valence-electron chi connectivity index (χ2n) is 4.37. The molecule has 0 bridgehead atoms. The molecule has 2 aromatic heterocycles. The van der Waals surface area contributed by atoms with Gasteiger partial charge < -0.3 is 4.98 Å². The van der Waals surface area contributed by atoms with Crippen molar-refractivity contribution in [1.82, 2.24) is 15.0 Å². The van der Waals surface area contributed by atoms with Crippen molar-refractivity contribution in [3.8, 4) is 11.5 Å². The Morgan fingerprint density at radius 2 is 2.18 bits per heavy atom. The minimum absolute atomic E-state index is 0.0788. The van der Waals surface area contributed by atoms with Crippen LogP contribution in [0.5, 0.6) is 0 Å². The van der Waals surface area contributed by atoms with Gasteiger partial charge in [-0.1, -0.05) is 12.8 Å². The van der Waals surface area contributed by atoms with E-state index in [1.54, 1.807) is 11.6 Å². The number of rotatable bonds is 2. The Bertz CT molecular complexity index is 555. The van der Waals surface area contributed by atoms with Crippen molar-refractivity contribution in [2.24, 2.45) is 0 Å². The Morgan fingerprint density at radius 1 is 1.35 bits per heavy atom. The fourth-order valence-corrected chi connectivity index (χ4v) is 2.89. The van der Waals surface area contributed by atoms with Gasteiger partial charge in [0.15, 0.2) is 5.82 Å². The van der Waals surface area contributed by atoms with Crippen molar-refractivity contribution in [3.63, 3.8) is 0 Å². The lowest BCUT2D eigenvalue weighted by molar-refractivity contribution is 0.693. The van der Waals surface area contributed by atoms with Crippen LogP contribution in [-0.2, 0) is 0 Å². The van der Waals surface area contributed by atoms with Gasteiger partial charge in [0, 0.05) is 17.4 Å². The van der Waals surface area contributed by atoms with Crippen LogP contribution in [0.2, 0.25) is 0 Å². The largest absolute Gasteiger partial charge is 0.305 e. The third-order valence-electron chi connectivity index (χ3n) is 3.21. The summed E-state index contributed by atoms with van der Waals surface area (Å²) in [5.74, 6) is 1.05. The summed E-state index contributed by atoms with van der Waals surface area (Å²) >= 11 is 1.51. The molecule has 4 nitrogen and oxygen atoms in total. The molecule has 0 amide bonds. The predicted molar refractivity (Wildman–Crippen MR) is 67.2 cm³/mol. The van der Waals surface area contributed by atoms with Gasteiger partial charge in [-0.15, -0.1) is 11.3 Å². The van der Waals surface area contributed by atoms with E-state index in [0.29, 0.717) is 11.7 Å². The van der Waals surface area contributed by atoms with Crippen molar-refractivity contribution >= 4 is 11.3 Å². The van der Waals surface area contributed by atoms with E-state index in [-0.39, 0.29) is 5.56 Å². The molecule has 0 unspecified atom stereocenters. The highest BCUT2D eigenvalue weighted by Crippen LogP contribution is 2.32. The summed E-state index contributed by atoms with van der Waals surface area (Å²) in [6.07, 6.45) is 4.77. The molecule has 1 aliphatic rings. The number of H-pyrrole nitrogens is 1. The molecule has 1 aliphatic carbocycles. The van der Waals surface area contributed by atoms with Gasteiger partial charge >= 0.3 is 0 Å². The number of nitrogens with zero attached hydrogens (tertiary/aromatic N) is 2. The molecule has 0 spiro atoms. The van der Waals surface area contributed by atoms with Crippen LogP contribution in [-0.4, -0.2) is 15.0 Å². The van der Waals surface area contributed by atoms with E-state index in [9.17, 15) is 4.79 Å². The van der Waals surface area contributed by atoms with Gasteiger partial charge in [0.1, 0.15) is 5.69 Å². The molecule has 3 rings (SSSR count). The van der Waals surface area contributed by atoms with E-state index in [1.807, 2.05) is 5.38 Å². The van der Waals surface area contributed by atoms with Gasteiger partial charge in [0.2, 0.25) is 0 Å². The molecule has 0 atom stereocenters. The van der Waals surface area contributed by atoms with Gasteiger partial charge in [0.05, 0.1) is 11.2 Å². The highest BCUT2D eigenvalue weighted by molar-refractivity contribution is 7.07. The van der Waals surface area contributed by atoms with E-state index in [0.717, 1.165) is 24.2 Å². The van der Waals surface area contributed by atoms with E-state index in [2.05, 4.69) is 15.0 Å². The smallest absolute Gasteiger partial charge is 0.251 e. The van der Waals surface area contributed by atoms with Crippen LogP contribution in [0.4, 0.5) is 0 Å². The average molecular weight is 247 g/mol. The van der Waals surface area contributed by atoms with Crippen LogP contribution in [0.25, 0.3) is 11.5 Å². The summed E-state index contributed by atoms with van der Waals surface area (Å²) in [4.78, 5) is 23.1. The minimum Gasteiger partial charge on any atom is -0.305 e. The molecule has 1 saturated carbocycles. The maximum absolute atomic E-state index is 11.6. The molecule has 5 heteroatoms. The second kappa shape index (κ2) is 4.41. The lowest BCUT2D eigenvalue weighted by Crippen LogP contribution is -2.12. The van der Waals surface area contributed by atoms with E-state index < -0.39 is 0 Å². The predicted octanol–water partition coefficient (Wildman–Crippen LogP) is 2.55. The van der Waals surface area contributed by atoms with Gasteiger partial charge in [0.25, 0.3) is 5.56 Å². The quantitative estimate of drug-likeness (QED) is 0.887. The van der Waals surface area contributed by atoms with E-state index in [1.165, 1.54) is 24.2 Å². The molecule has 0 radical (unpaired) electrons. The third-order valence-corrected chi connectivity index (χ3v) is 3.80. The molecule has 2 aromatic rings. The van der Waals surface area contributed by atoms with Crippen molar-refractivity contribution < 1.29 is 0 Å². The van der Waals surface area contributed by atoms with Crippen molar-refractivity contribution in [3.05, 3.63) is 33.0 Å². The topological polar surface area (TPSA) is 58.6 Å². The summed E-state index contributed by atoms with van der Waals surface area (Å²) in [6.45, 7) is 0. The first kappa shape index (κ1) is 10.7. The van der Waals surface area contributed by atoms with Gasteiger partial charge in [-0.3, -0.25) is 4.79 Å². The molecule has 0 saturated heterocycles. The van der Waals surface area contributed by atoms with Crippen LogP contribution in [0.3, 0.4) is 0 Å². The fourth-order valence-electron chi connectivity index (χ4n) is 2.36. The van der Waals surface area contributed by atoms with Gasteiger partial charge in [-0.05, 0) is 12.8 Å². The van der Waals surface area contributed by atoms with Crippen LogP contribution in [0.1, 0.15) is 37.3 Å². The molecular formula is C12H13N3OS. The molecule has 2 heterocycles. The average Bonchev–Trinajstić information content (AvgIpc) is 3.02. The lowest BCUT2D eigenvalue weighted by atomic mass is 10.0. The number of hydrogen-bond donors (Lipinski definition) is 1. The number of thiazole rings is 1. The zero-order valence-electron chi connectivity index (χ0n) is 9.35. The van der Waals surface area contributed by atoms with E-state index >= 15 is 0 Å². The summed E-state index contributed by atoms with van der Waals surface area (Å²) in [6, 6.07) is 1.63. The lowest BCUT2D eigenvalue weighted by Gasteiger charge is -2.08. The maximum atomic E-state index is 11.6. The molecule has 17 heavy (non-hydrogen) atoms. The van der Waals surface area contributed by atoms with Crippen LogP contribution >= 0.6 is 11.3 Å². The highest BCUT2D eigenvalue weighted by Gasteiger charge is 2.19. The monoisotopic (exact) mass is 247 g/mol. The van der Waals surface area contributed by atoms with Crippen LogP contribution in [0, 0.1) is 0 Å². The first-order valence-corrected chi connectivity index (χ1v) is 6.77. The zero-order valence-corrected chi connectivity index (χ0v) is 10.2. The van der Waals surface area contributed by atoms with Crippen LogP contribution in [0.15, 0.2) is 21.8 Å². The van der Waals surface area contributed by atoms with Crippen LogP contribution < -0.4 is 5.56 Å². The number of nitrogens with one attached hydrogen (secondary N) is 1. The normalized spacial score (nSPS) is 16.5. The van der Waals surface area contributed by atoms with E-state index in [4.69, 9.17) is 0 Å².